The topological polar surface area (TPSA) is 73.4 Å². The number of amides is 1. The van der Waals surface area contributed by atoms with Crippen LogP contribution in [0.1, 0.15) is 27.2 Å². The Bertz CT molecular complexity index is 1390. The fraction of sp³-hybridized carbons (Fsp3) is 0.115. The molecule has 3 heterocycles. The Morgan fingerprint density at radius 1 is 0.970 bits per heavy atom. The number of carbonyl (C=O) groups excluding carboxylic acids is 1. The average Bonchev–Trinajstić information content (AvgIpc) is 3.49. The molecule has 5 rings (SSSR count). The van der Waals surface area contributed by atoms with Gasteiger partial charge in [0.15, 0.2) is 0 Å². The lowest BCUT2D eigenvalue weighted by atomic mass is 10.2. The monoisotopic (exact) mass is 437 g/mol. The van der Waals surface area contributed by atoms with Crippen molar-refractivity contribution in [3.63, 3.8) is 0 Å². The minimum atomic E-state index is -0.148. The van der Waals surface area contributed by atoms with Crippen LogP contribution in [0.15, 0.2) is 91.5 Å². The number of nitrogens with zero attached hydrogens (tertiary/aromatic N) is 4. The van der Waals surface area contributed by atoms with Gasteiger partial charge in [0.2, 0.25) is 0 Å². The van der Waals surface area contributed by atoms with Gasteiger partial charge in [0.25, 0.3) is 5.91 Å². The van der Waals surface area contributed by atoms with Crippen molar-refractivity contribution < 1.29 is 9.53 Å². The van der Waals surface area contributed by atoms with Crippen LogP contribution in [0.25, 0.3) is 11.3 Å². The Kier molecular flexibility index (Phi) is 5.59. The van der Waals surface area contributed by atoms with E-state index in [2.05, 4.69) is 15.4 Å². The van der Waals surface area contributed by atoms with Crippen molar-refractivity contribution in [2.75, 3.05) is 0 Å². The SMILES string of the molecule is Cc1ccc2nc(COc3ccc(C(=O)NCc4cnn(-c5ccccc5)c4)cc3)cn2c1. The number of aromatic nitrogens is 4. The van der Waals surface area contributed by atoms with Crippen molar-refractivity contribution >= 4 is 11.6 Å². The van der Waals surface area contributed by atoms with Crippen LogP contribution in [0.3, 0.4) is 0 Å². The summed E-state index contributed by atoms with van der Waals surface area (Å²) < 4.78 is 9.62. The number of imidazole rings is 1. The zero-order valence-corrected chi connectivity index (χ0v) is 18.2. The molecule has 33 heavy (non-hydrogen) atoms. The lowest BCUT2D eigenvalue weighted by Crippen LogP contribution is -2.22. The van der Waals surface area contributed by atoms with E-state index in [1.54, 1.807) is 35.1 Å². The molecule has 3 aromatic heterocycles. The second-order valence-electron chi connectivity index (χ2n) is 7.83. The molecular weight excluding hydrogens is 414 g/mol. The molecule has 2 aromatic carbocycles. The molecule has 0 fully saturated rings. The maximum absolute atomic E-state index is 12.5. The molecule has 0 spiro atoms. The van der Waals surface area contributed by atoms with Gasteiger partial charge in [-0.2, -0.15) is 5.10 Å². The van der Waals surface area contributed by atoms with Crippen LogP contribution >= 0.6 is 0 Å². The molecule has 0 aliphatic heterocycles. The quantitative estimate of drug-likeness (QED) is 0.411. The van der Waals surface area contributed by atoms with Crippen molar-refractivity contribution in [1.82, 2.24) is 24.5 Å². The van der Waals surface area contributed by atoms with Crippen LogP contribution < -0.4 is 10.1 Å². The van der Waals surface area contributed by atoms with E-state index >= 15 is 0 Å². The Morgan fingerprint density at radius 3 is 2.61 bits per heavy atom. The molecule has 1 amide bonds. The van der Waals surface area contributed by atoms with E-state index in [-0.39, 0.29) is 5.91 Å². The number of pyridine rings is 1. The second-order valence-corrected chi connectivity index (χ2v) is 7.83. The van der Waals surface area contributed by atoms with Crippen LogP contribution in [-0.2, 0) is 13.2 Å². The Hall–Kier alpha value is -4.39. The minimum Gasteiger partial charge on any atom is -0.487 e. The third kappa shape index (κ3) is 4.77. The van der Waals surface area contributed by atoms with Gasteiger partial charge in [0, 0.05) is 36.3 Å². The normalized spacial score (nSPS) is 10.9. The average molecular weight is 438 g/mol. The number of hydrogen-bond acceptors (Lipinski definition) is 4. The van der Waals surface area contributed by atoms with Gasteiger partial charge in [-0.25, -0.2) is 9.67 Å². The highest BCUT2D eigenvalue weighted by Crippen LogP contribution is 2.15. The predicted octanol–water partition coefficient (Wildman–Crippen LogP) is 4.34. The highest BCUT2D eigenvalue weighted by Gasteiger charge is 2.08. The summed E-state index contributed by atoms with van der Waals surface area (Å²) in [5.41, 5.74) is 5.38. The zero-order valence-electron chi connectivity index (χ0n) is 18.2. The number of hydrogen-bond donors (Lipinski definition) is 1. The van der Waals surface area contributed by atoms with Crippen molar-refractivity contribution in [2.24, 2.45) is 0 Å². The fourth-order valence-corrected chi connectivity index (χ4v) is 3.54. The van der Waals surface area contributed by atoms with Gasteiger partial charge in [-0.15, -0.1) is 0 Å². The smallest absolute Gasteiger partial charge is 0.251 e. The van der Waals surface area contributed by atoms with E-state index in [9.17, 15) is 4.79 Å². The predicted molar refractivity (Wildman–Crippen MR) is 125 cm³/mol. The Balaban J connectivity index is 1.15. The molecule has 0 radical (unpaired) electrons. The molecule has 164 valence electrons. The number of para-hydroxylation sites is 1. The molecule has 0 saturated carbocycles. The lowest BCUT2D eigenvalue weighted by molar-refractivity contribution is 0.0951. The van der Waals surface area contributed by atoms with E-state index in [4.69, 9.17) is 4.74 Å². The molecule has 5 aromatic rings. The number of aryl methyl sites for hydroxylation is 1. The largest absolute Gasteiger partial charge is 0.487 e. The van der Waals surface area contributed by atoms with Gasteiger partial charge >= 0.3 is 0 Å². The number of fused-ring (bicyclic) bond motifs is 1. The van der Waals surface area contributed by atoms with Crippen LogP contribution in [0.5, 0.6) is 5.75 Å². The highest BCUT2D eigenvalue weighted by atomic mass is 16.5. The molecule has 0 atom stereocenters. The summed E-state index contributed by atoms with van der Waals surface area (Å²) >= 11 is 0. The third-order valence-corrected chi connectivity index (χ3v) is 5.26. The molecule has 7 heteroatoms. The first kappa shape index (κ1) is 20.5. The maximum Gasteiger partial charge on any atom is 0.251 e. The van der Waals surface area contributed by atoms with E-state index in [1.807, 2.05) is 72.4 Å². The zero-order chi connectivity index (χ0) is 22.6. The van der Waals surface area contributed by atoms with Gasteiger partial charge in [-0.1, -0.05) is 24.3 Å². The van der Waals surface area contributed by atoms with Gasteiger partial charge in [-0.05, 0) is 55.0 Å². The molecule has 1 N–H and O–H groups in total. The molecule has 7 nitrogen and oxygen atoms in total. The number of carbonyl (C=O) groups is 1. The van der Waals surface area contributed by atoms with Crippen LogP contribution in [0.2, 0.25) is 0 Å². The molecule has 0 aliphatic rings. The van der Waals surface area contributed by atoms with Crippen molar-refractivity contribution in [2.45, 2.75) is 20.1 Å². The van der Waals surface area contributed by atoms with E-state index in [0.29, 0.717) is 24.5 Å². The number of ether oxygens (including phenoxy) is 1. The van der Waals surface area contributed by atoms with Crippen molar-refractivity contribution in [3.05, 3.63) is 114 Å². The minimum absolute atomic E-state index is 0.148. The lowest BCUT2D eigenvalue weighted by Gasteiger charge is -2.07. The number of rotatable bonds is 7. The maximum atomic E-state index is 12.5. The van der Waals surface area contributed by atoms with Gasteiger partial charge in [0.05, 0.1) is 17.6 Å². The van der Waals surface area contributed by atoms with Crippen molar-refractivity contribution in [3.8, 4) is 11.4 Å². The standard InChI is InChI=1S/C26H23N5O2/c1-19-7-12-25-29-22(17-30(25)15-19)18-33-24-10-8-21(9-11-24)26(32)27-13-20-14-28-31(16-20)23-5-3-2-4-6-23/h2-12,14-17H,13,18H2,1H3,(H,27,32). The molecular formula is C26H23N5O2. The van der Waals surface area contributed by atoms with E-state index in [0.717, 1.165) is 22.6 Å². The van der Waals surface area contributed by atoms with Gasteiger partial charge in [0.1, 0.15) is 18.0 Å². The fourth-order valence-electron chi connectivity index (χ4n) is 3.54. The Morgan fingerprint density at radius 2 is 1.79 bits per heavy atom. The van der Waals surface area contributed by atoms with E-state index < -0.39 is 0 Å². The molecule has 0 bridgehead atoms. The number of benzene rings is 2. The first-order valence-electron chi connectivity index (χ1n) is 10.7. The van der Waals surface area contributed by atoms with Crippen LogP contribution in [-0.4, -0.2) is 25.1 Å². The Labute approximate surface area is 191 Å². The van der Waals surface area contributed by atoms with E-state index in [1.165, 1.54) is 5.56 Å². The van der Waals surface area contributed by atoms with Crippen molar-refractivity contribution in [1.29, 1.82) is 0 Å². The summed E-state index contributed by atoms with van der Waals surface area (Å²) in [6.45, 7) is 2.81. The molecule has 0 saturated heterocycles. The van der Waals surface area contributed by atoms with Crippen LogP contribution in [0.4, 0.5) is 0 Å². The van der Waals surface area contributed by atoms with Crippen LogP contribution in [0, 0.1) is 6.92 Å². The number of nitrogens with one attached hydrogen (secondary N) is 1. The molecule has 0 unspecified atom stereocenters. The summed E-state index contributed by atoms with van der Waals surface area (Å²) in [6, 6.07) is 21.0. The third-order valence-electron chi connectivity index (χ3n) is 5.26. The first-order chi connectivity index (χ1) is 16.1. The summed E-state index contributed by atoms with van der Waals surface area (Å²) in [5.74, 6) is 0.536. The first-order valence-corrected chi connectivity index (χ1v) is 10.7. The molecule has 0 aliphatic carbocycles. The summed E-state index contributed by atoms with van der Waals surface area (Å²) in [4.78, 5) is 17.1. The highest BCUT2D eigenvalue weighted by molar-refractivity contribution is 5.94. The van der Waals surface area contributed by atoms with Gasteiger partial charge < -0.3 is 14.5 Å². The van der Waals surface area contributed by atoms with Gasteiger partial charge in [-0.3, -0.25) is 4.79 Å². The summed E-state index contributed by atoms with van der Waals surface area (Å²) in [5, 5.41) is 7.29. The second kappa shape index (κ2) is 9.00. The summed E-state index contributed by atoms with van der Waals surface area (Å²) in [6.07, 6.45) is 7.66. The summed E-state index contributed by atoms with van der Waals surface area (Å²) in [7, 11) is 0.